The van der Waals surface area contributed by atoms with Gasteiger partial charge in [-0.15, -0.1) is 102 Å². The predicted octanol–water partition coefficient (Wildman–Crippen LogP) is 5.20. The third-order valence-corrected chi connectivity index (χ3v) is 5.38. The Morgan fingerprint density at radius 3 is 2.03 bits per heavy atom. The number of benzene rings is 1. The molecule has 1 saturated heterocycles. The smallest absolute Gasteiger partial charge is 0.0541 e. The van der Waals surface area contributed by atoms with E-state index in [-0.39, 0.29) is 102 Å². The summed E-state index contributed by atoms with van der Waals surface area (Å²) in [6, 6.07) is 15.0. The summed E-state index contributed by atoms with van der Waals surface area (Å²) in [4.78, 5) is 6.96. The number of hydrogen-bond donors (Lipinski definition) is 4. The standard InChI is InChI=1S/C24H38N6.6BrH/c1-2-12-29-24(8-1)20-28-19-22-6-3-7-23(18-22)21-30-16-5-11-26-14-13-25-9-4-10-27-15-17-30;;;;;;/h1-3,6-8,12,18,25-28H,4-5,9-11,13-17,19-21H2;6*1H. The van der Waals surface area contributed by atoms with Gasteiger partial charge in [-0.2, -0.15) is 0 Å². The van der Waals surface area contributed by atoms with Crippen LogP contribution in [0.4, 0.5) is 0 Å². The summed E-state index contributed by atoms with van der Waals surface area (Å²) in [7, 11) is 0. The van der Waals surface area contributed by atoms with E-state index in [1.54, 1.807) is 0 Å². The molecule has 0 bridgehead atoms. The molecule has 0 unspecified atom stereocenters. The van der Waals surface area contributed by atoms with Gasteiger partial charge in [0.25, 0.3) is 0 Å². The zero-order valence-corrected chi connectivity index (χ0v) is 30.9. The molecule has 1 aliphatic rings. The summed E-state index contributed by atoms with van der Waals surface area (Å²) in [5.41, 5.74) is 3.81. The fourth-order valence-electron chi connectivity index (χ4n) is 3.76. The number of nitrogens with zero attached hydrogens (tertiary/aromatic N) is 2. The molecular weight excluding hydrogens is 852 g/mol. The zero-order valence-electron chi connectivity index (χ0n) is 20.7. The molecule has 0 aliphatic carbocycles. The average Bonchev–Trinajstić information content (AvgIpc) is 2.77. The van der Waals surface area contributed by atoms with Crippen molar-refractivity contribution < 1.29 is 0 Å². The lowest BCUT2D eigenvalue weighted by molar-refractivity contribution is 0.260. The van der Waals surface area contributed by atoms with Gasteiger partial charge in [-0.1, -0.05) is 30.3 Å². The fraction of sp³-hybridized carbons (Fsp3) is 0.542. The van der Waals surface area contributed by atoms with Crippen LogP contribution in [-0.4, -0.2) is 62.2 Å². The van der Waals surface area contributed by atoms with Gasteiger partial charge in [-0.3, -0.25) is 9.88 Å². The van der Waals surface area contributed by atoms with Crippen molar-refractivity contribution in [1.82, 2.24) is 31.2 Å². The van der Waals surface area contributed by atoms with Gasteiger partial charge in [0.2, 0.25) is 0 Å². The Kier molecular flexibility index (Phi) is 35.6. The van der Waals surface area contributed by atoms with E-state index in [2.05, 4.69) is 61.5 Å². The summed E-state index contributed by atoms with van der Waals surface area (Å²) in [5.74, 6) is 0. The third-order valence-electron chi connectivity index (χ3n) is 5.38. The van der Waals surface area contributed by atoms with Crippen LogP contribution in [0.25, 0.3) is 0 Å². The molecule has 0 spiro atoms. The highest BCUT2D eigenvalue weighted by atomic mass is 79.9. The fourth-order valence-corrected chi connectivity index (χ4v) is 3.76. The maximum atomic E-state index is 4.38. The van der Waals surface area contributed by atoms with Gasteiger partial charge in [0.1, 0.15) is 0 Å². The average molecular weight is 896 g/mol. The van der Waals surface area contributed by atoms with Crippen LogP contribution < -0.4 is 21.3 Å². The van der Waals surface area contributed by atoms with Crippen LogP contribution in [0.1, 0.15) is 29.7 Å². The molecule has 6 nitrogen and oxygen atoms in total. The van der Waals surface area contributed by atoms with Crippen LogP contribution in [0, 0.1) is 0 Å². The Bertz CT molecular complexity index is 703. The van der Waals surface area contributed by atoms with E-state index in [0.29, 0.717) is 0 Å². The molecule has 0 atom stereocenters. The molecule has 3 rings (SSSR count). The SMILES string of the molecule is Br.Br.Br.Br.Br.Br.c1ccc(CNCc2cccc(CN3CCCNCCNCCCNCC3)c2)nc1. The van der Waals surface area contributed by atoms with Crippen molar-refractivity contribution in [1.29, 1.82) is 0 Å². The summed E-state index contributed by atoms with van der Waals surface area (Å²) < 4.78 is 0. The van der Waals surface area contributed by atoms with E-state index in [0.717, 1.165) is 77.7 Å². The molecular formula is C24H44Br6N6. The van der Waals surface area contributed by atoms with Gasteiger partial charge in [0.05, 0.1) is 5.69 Å². The first-order valence-corrected chi connectivity index (χ1v) is 11.4. The van der Waals surface area contributed by atoms with E-state index >= 15 is 0 Å². The normalized spacial score (nSPS) is 15.0. The minimum absolute atomic E-state index is 0. The van der Waals surface area contributed by atoms with Crippen LogP contribution in [-0.2, 0) is 19.6 Å². The lowest BCUT2D eigenvalue weighted by Gasteiger charge is -2.23. The van der Waals surface area contributed by atoms with Crippen LogP contribution >= 0.6 is 102 Å². The molecule has 0 radical (unpaired) electrons. The van der Waals surface area contributed by atoms with Gasteiger partial charge < -0.3 is 21.3 Å². The lowest BCUT2D eigenvalue weighted by Crippen LogP contribution is -2.36. The highest BCUT2D eigenvalue weighted by molar-refractivity contribution is 8.93. The second kappa shape index (κ2) is 29.0. The van der Waals surface area contributed by atoms with E-state index in [1.165, 1.54) is 24.0 Å². The maximum Gasteiger partial charge on any atom is 0.0541 e. The Balaban J connectivity index is -0.000000853. The Morgan fingerprint density at radius 1 is 0.667 bits per heavy atom. The number of rotatable bonds is 6. The number of hydrogen-bond acceptors (Lipinski definition) is 6. The molecule has 12 heteroatoms. The van der Waals surface area contributed by atoms with Crippen molar-refractivity contribution in [3.8, 4) is 0 Å². The number of nitrogens with one attached hydrogen (secondary N) is 4. The Labute approximate surface area is 280 Å². The summed E-state index contributed by atoms with van der Waals surface area (Å²) in [5, 5.41) is 14.1. The monoisotopic (exact) mass is 890 g/mol. The highest BCUT2D eigenvalue weighted by Gasteiger charge is 2.07. The first-order chi connectivity index (χ1) is 14.9. The number of pyridine rings is 1. The maximum absolute atomic E-state index is 4.38. The topological polar surface area (TPSA) is 64.2 Å². The molecule has 36 heavy (non-hydrogen) atoms. The molecule has 1 aliphatic heterocycles. The van der Waals surface area contributed by atoms with E-state index in [4.69, 9.17) is 0 Å². The van der Waals surface area contributed by atoms with Crippen molar-refractivity contribution in [2.24, 2.45) is 0 Å². The van der Waals surface area contributed by atoms with Crippen LogP contribution in [0.3, 0.4) is 0 Å². The third kappa shape index (κ3) is 20.0. The highest BCUT2D eigenvalue weighted by Crippen LogP contribution is 2.09. The van der Waals surface area contributed by atoms with Gasteiger partial charge in [-0.25, -0.2) is 0 Å². The summed E-state index contributed by atoms with van der Waals surface area (Å²) in [6.07, 6.45) is 4.22. The number of aromatic nitrogens is 1. The molecule has 212 valence electrons. The van der Waals surface area contributed by atoms with Crippen molar-refractivity contribution >= 4 is 102 Å². The zero-order chi connectivity index (χ0) is 20.7. The first-order valence-electron chi connectivity index (χ1n) is 11.4. The largest absolute Gasteiger partial charge is 0.315 e. The first kappa shape index (κ1) is 44.1. The molecule has 2 heterocycles. The molecule has 0 amide bonds. The van der Waals surface area contributed by atoms with Crippen molar-refractivity contribution in [2.45, 2.75) is 32.5 Å². The molecule has 1 aromatic carbocycles. The van der Waals surface area contributed by atoms with E-state index in [9.17, 15) is 0 Å². The lowest BCUT2D eigenvalue weighted by atomic mass is 10.1. The minimum Gasteiger partial charge on any atom is -0.315 e. The van der Waals surface area contributed by atoms with Crippen molar-refractivity contribution in [2.75, 3.05) is 52.4 Å². The van der Waals surface area contributed by atoms with Gasteiger partial charge in [0.15, 0.2) is 0 Å². The Hall–Kier alpha value is 1.05. The van der Waals surface area contributed by atoms with Gasteiger partial charge in [-0.05, 0) is 62.3 Å². The molecule has 1 aromatic heterocycles. The number of halogens is 6. The Morgan fingerprint density at radius 2 is 1.33 bits per heavy atom. The molecule has 2 aromatic rings. The quantitative estimate of drug-likeness (QED) is 0.320. The van der Waals surface area contributed by atoms with E-state index in [1.807, 2.05) is 18.3 Å². The van der Waals surface area contributed by atoms with Crippen molar-refractivity contribution in [3.63, 3.8) is 0 Å². The minimum atomic E-state index is 0. The molecule has 1 fully saturated rings. The summed E-state index contributed by atoms with van der Waals surface area (Å²) >= 11 is 0. The molecule has 4 N–H and O–H groups in total. The van der Waals surface area contributed by atoms with Crippen LogP contribution in [0.2, 0.25) is 0 Å². The van der Waals surface area contributed by atoms with Crippen molar-refractivity contribution in [3.05, 3.63) is 65.5 Å². The van der Waals surface area contributed by atoms with Gasteiger partial charge in [0, 0.05) is 52.0 Å². The predicted molar refractivity (Wildman–Crippen MR) is 186 cm³/mol. The van der Waals surface area contributed by atoms with E-state index < -0.39 is 0 Å². The second-order valence-corrected chi connectivity index (χ2v) is 7.98. The van der Waals surface area contributed by atoms with Gasteiger partial charge >= 0.3 is 0 Å². The second-order valence-electron chi connectivity index (χ2n) is 7.98. The summed E-state index contributed by atoms with van der Waals surface area (Å²) in [6.45, 7) is 11.3. The molecule has 0 saturated carbocycles. The van der Waals surface area contributed by atoms with Crippen LogP contribution in [0.15, 0.2) is 48.7 Å². The van der Waals surface area contributed by atoms with Crippen LogP contribution in [0.5, 0.6) is 0 Å².